The van der Waals surface area contributed by atoms with Crippen molar-refractivity contribution in [1.82, 2.24) is 0 Å². The number of rotatable bonds is 2. The average molecular weight is 144 g/mol. The van der Waals surface area contributed by atoms with Gasteiger partial charge in [0.15, 0.2) is 5.78 Å². The zero-order valence-electron chi connectivity index (χ0n) is 6.35. The second kappa shape index (κ2) is 2.68. The fourth-order valence-electron chi connectivity index (χ4n) is 0.997. The summed E-state index contributed by atoms with van der Waals surface area (Å²) in [5.74, 6) is -0.917. The molecular formula is C7H12O3. The monoisotopic (exact) mass is 144 g/mol. The summed E-state index contributed by atoms with van der Waals surface area (Å²) in [4.78, 5) is 11.1. The highest BCUT2D eigenvalue weighted by molar-refractivity contribution is 5.85. The highest BCUT2D eigenvalue weighted by atomic mass is 16.7. The molecule has 1 heterocycles. The molecule has 0 N–H and O–H groups in total. The SMILES string of the molecule is CCC(=O)C1(C)OCCO1. The van der Waals surface area contributed by atoms with E-state index >= 15 is 0 Å². The zero-order valence-corrected chi connectivity index (χ0v) is 6.35. The number of Topliss-reactive ketones (excluding diaryl/α,β-unsaturated/α-hetero) is 1. The van der Waals surface area contributed by atoms with Crippen LogP contribution in [-0.2, 0) is 14.3 Å². The minimum absolute atomic E-state index is 0.0185. The molecule has 1 fully saturated rings. The van der Waals surface area contributed by atoms with E-state index in [0.29, 0.717) is 19.6 Å². The van der Waals surface area contributed by atoms with Gasteiger partial charge in [-0.1, -0.05) is 6.92 Å². The normalized spacial score (nSPS) is 23.0. The van der Waals surface area contributed by atoms with Gasteiger partial charge in [-0.05, 0) is 6.92 Å². The van der Waals surface area contributed by atoms with Crippen LogP contribution in [0.4, 0.5) is 0 Å². The lowest BCUT2D eigenvalue weighted by atomic mass is 10.1. The van der Waals surface area contributed by atoms with E-state index in [2.05, 4.69) is 0 Å². The maximum absolute atomic E-state index is 11.1. The zero-order chi connectivity index (χ0) is 7.61. The van der Waals surface area contributed by atoms with Crippen LogP contribution in [0.3, 0.4) is 0 Å². The number of ether oxygens (including phenoxy) is 2. The first-order chi connectivity index (χ1) is 4.69. The van der Waals surface area contributed by atoms with Crippen molar-refractivity contribution in [2.75, 3.05) is 13.2 Å². The van der Waals surface area contributed by atoms with Crippen LogP contribution in [0, 0.1) is 0 Å². The smallest absolute Gasteiger partial charge is 0.226 e. The van der Waals surface area contributed by atoms with Crippen LogP contribution in [0.1, 0.15) is 20.3 Å². The fourth-order valence-corrected chi connectivity index (χ4v) is 0.997. The van der Waals surface area contributed by atoms with E-state index < -0.39 is 5.79 Å². The Kier molecular flexibility index (Phi) is 2.06. The van der Waals surface area contributed by atoms with Gasteiger partial charge in [-0.25, -0.2) is 0 Å². The molecule has 1 aliphatic heterocycles. The van der Waals surface area contributed by atoms with E-state index in [9.17, 15) is 4.79 Å². The number of ketones is 1. The molecule has 0 saturated carbocycles. The molecule has 0 bridgehead atoms. The Hall–Kier alpha value is -0.410. The van der Waals surface area contributed by atoms with Gasteiger partial charge in [-0.3, -0.25) is 4.79 Å². The Morgan fingerprint density at radius 2 is 2.00 bits per heavy atom. The molecule has 3 heteroatoms. The number of hydrogen-bond acceptors (Lipinski definition) is 3. The lowest BCUT2D eigenvalue weighted by molar-refractivity contribution is -0.173. The Bertz CT molecular complexity index is 136. The van der Waals surface area contributed by atoms with Crippen molar-refractivity contribution in [1.29, 1.82) is 0 Å². The van der Waals surface area contributed by atoms with E-state index in [4.69, 9.17) is 9.47 Å². The summed E-state index contributed by atoms with van der Waals surface area (Å²) in [6.45, 7) is 4.54. The highest BCUT2D eigenvalue weighted by Gasteiger charge is 2.37. The standard InChI is InChI=1S/C7H12O3/c1-3-6(8)7(2)9-4-5-10-7/h3-5H2,1-2H3. The molecule has 1 aliphatic rings. The van der Waals surface area contributed by atoms with Crippen molar-refractivity contribution in [3.8, 4) is 0 Å². The first kappa shape index (κ1) is 7.69. The van der Waals surface area contributed by atoms with E-state index in [1.54, 1.807) is 13.8 Å². The van der Waals surface area contributed by atoms with Crippen molar-refractivity contribution in [2.24, 2.45) is 0 Å². The molecule has 0 amide bonds. The highest BCUT2D eigenvalue weighted by Crippen LogP contribution is 2.20. The van der Waals surface area contributed by atoms with Crippen LogP contribution in [0.5, 0.6) is 0 Å². The second-order valence-electron chi connectivity index (χ2n) is 2.42. The fraction of sp³-hybridized carbons (Fsp3) is 0.857. The van der Waals surface area contributed by atoms with E-state index in [0.717, 1.165) is 0 Å². The third-order valence-electron chi connectivity index (χ3n) is 1.67. The second-order valence-corrected chi connectivity index (χ2v) is 2.42. The van der Waals surface area contributed by atoms with Gasteiger partial charge in [0.2, 0.25) is 5.79 Å². The van der Waals surface area contributed by atoms with Crippen molar-refractivity contribution in [3.63, 3.8) is 0 Å². The summed E-state index contributed by atoms with van der Waals surface area (Å²) < 4.78 is 10.2. The van der Waals surface area contributed by atoms with Gasteiger partial charge in [0, 0.05) is 6.42 Å². The number of carbonyl (C=O) groups is 1. The largest absolute Gasteiger partial charge is 0.341 e. The van der Waals surface area contributed by atoms with Gasteiger partial charge in [-0.15, -0.1) is 0 Å². The Morgan fingerprint density at radius 3 is 2.40 bits per heavy atom. The molecule has 0 aliphatic carbocycles. The predicted molar refractivity (Wildman–Crippen MR) is 35.6 cm³/mol. The number of carbonyl (C=O) groups excluding carboxylic acids is 1. The molecule has 3 nitrogen and oxygen atoms in total. The predicted octanol–water partition coefficient (Wildman–Crippen LogP) is 0.728. The molecule has 0 atom stereocenters. The Balaban J connectivity index is 2.58. The maximum Gasteiger partial charge on any atom is 0.226 e. The molecule has 0 aromatic heterocycles. The van der Waals surface area contributed by atoms with Crippen LogP contribution in [0.15, 0.2) is 0 Å². The van der Waals surface area contributed by atoms with Crippen LogP contribution < -0.4 is 0 Å². The summed E-state index contributed by atoms with van der Waals surface area (Å²) in [5, 5.41) is 0. The van der Waals surface area contributed by atoms with Crippen LogP contribution >= 0.6 is 0 Å². The van der Waals surface area contributed by atoms with Crippen molar-refractivity contribution in [2.45, 2.75) is 26.1 Å². The van der Waals surface area contributed by atoms with Gasteiger partial charge in [0.25, 0.3) is 0 Å². The minimum atomic E-state index is -0.936. The summed E-state index contributed by atoms with van der Waals surface area (Å²) in [6.07, 6.45) is 0.469. The van der Waals surface area contributed by atoms with E-state index in [-0.39, 0.29) is 5.78 Å². The summed E-state index contributed by atoms with van der Waals surface area (Å²) >= 11 is 0. The molecule has 0 spiro atoms. The number of hydrogen-bond donors (Lipinski definition) is 0. The lowest BCUT2D eigenvalue weighted by Gasteiger charge is -2.18. The van der Waals surface area contributed by atoms with Crippen LogP contribution in [0.25, 0.3) is 0 Å². The van der Waals surface area contributed by atoms with Crippen LogP contribution in [0.2, 0.25) is 0 Å². The molecule has 0 aromatic rings. The molecule has 0 aromatic carbocycles. The van der Waals surface area contributed by atoms with Gasteiger partial charge < -0.3 is 9.47 Å². The molecule has 0 radical (unpaired) electrons. The van der Waals surface area contributed by atoms with Gasteiger partial charge >= 0.3 is 0 Å². The quantitative estimate of drug-likeness (QED) is 0.573. The van der Waals surface area contributed by atoms with E-state index in [1.807, 2.05) is 0 Å². The summed E-state index contributed by atoms with van der Waals surface area (Å²) in [7, 11) is 0. The van der Waals surface area contributed by atoms with Crippen LogP contribution in [-0.4, -0.2) is 24.8 Å². The maximum atomic E-state index is 11.1. The lowest BCUT2D eigenvalue weighted by Crippen LogP contribution is -2.35. The molecule has 0 unspecified atom stereocenters. The van der Waals surface area contributed by atoms with Gasteiger partial charge in [0.1, 0.15) is 0 Å². The van der Waals surface area contributed by atoms with Gasteiger partial charge in [0.05, 0.1) is 13.2 Å². The third kappa shape index (κ3) is 1.20. The molecule has 1 rings (SSSR count). The average Bonchev–Trinajstić information content (AvgIpc) is 2.36. The molecule has 1 saturated heterocycles. The first-order valence-electron chi connectivity index (χ1n) is 3.50. The first-order valence-corrected chi connectivity index (χ1v) is 3.50. The summed E-state index contributed by atoms with van der Waals surface area (Å²) in [6, 6.07) is 0. The molecule has 58 valence electrons. The minimum Gasteiger partial charge on any atom is -0.341 e. The van der Waals surface area contributed by atoms with Crippen molar-refractivity contribution < 1.29 is 14.3 Å². The van der Waals surface area contributed by atoms with Crippen molar-refractivity contribution in [3.05, 3.63) is 0 Å². The Morgan fingerprint density at radius 1 is 1.50 bits per heavy atom. The topological polar surface area (TPSA) is 35.5 Å². The molecule has 10 heavy (non-hydrogen) atoms. The van der Waals surface area contributed by atoms with Crippen molar-refractivity contribution >= 4 is 5.78 Å². The van der Waals surface area contributed by atoms with Gasteiger partial charge in [-0.2, -0.15) is 0 Å². The Labute approximate surface area is 60.3 Å². The summed E-state index contributed by atoms with van der Waals surface area (Å²) in [5.41, 5.74) is 0. The van der Waals surface area contributed by atoms with E-state index in [1.165, 1.54) is 0 Å². The third-order valence-corrected chi connectivity index (χ3v) is 1.67. The molecular weight excluding hydrogens is 132 g/mol.